The molecule has 0 saturated heterocycles. The highest BCUT2D eigenvalue weighted by molar-refractivity contribution is 5.86. The molecule has 0 fully saturated rings. The third-order valence-electron chi connectivity index (χ3n) is 3.99. The van der Waals surface area contributed by atoms with Crippen LogP contribution in [0.15, 0.2) is 24.3 Å². The van der Waals surface area contributed by atoms with Crippen LogP contribution in [0.3, 0.4) is 0 Å². The molecular weight excluding hydrogens is 269 g/mol. The fourth-order valence-corrected chi connectivity index (χ4v) is 3.23. The average Bonchev–Trinajstić information content (AvgIpc) is 2.37. The first-order valence-corrected chi connectivity index (χ1v) is 7.29. The number of hydrogen-bond donors (Lipinski definition) is 1. The lowest BCUT2D eigenvalue weighted by Gasteiger charge is -2.46. The molecule has 0 spiro atoms. The van der Waals surface area contributed by atoms with E-state index in [1.54, 1.807) is 6.07 Å². The Bertz CT molecular complexity index is 592. The van der Waals surface area contributed by atoms with E-state index in [0.717, 1.165) is 23.2 Å². The van der Waals surface area contributed by atoms with Crippen molar-refractivity contribution in [3.63, 3.8) is 0 Å². The fourth-order valence-electron chi connectivity index (χ4n) is 3.23. The molecule has 3 nitrogen and oxygen atoms in total. The minimum atomic E-state index is -0.840. The summed E-state index contributed by atoms with van der Waals surface area (Å²) in [5, 5.41) is 9.60. The van der Waals surface area contributed by atoms with Gasteiger partial charge in [0.25, 0.3) is 0 Å². The Morgan fingerprint density at radius 1 is 1.43 bits per heavy atom. The van der Waals surface area contributed by atoms with Crippen molar-refractivity contribution in [3.05, 3.63) is 35.7 Å². The lowest BCUT2D eigenvalue weighted by molar-refractivity contribution is -0.139. The van der Waals surface area contributed by atoms with Crippen LogP contribution in [-0.4, -0.2) is 22.7 Å². The molecule has 0 radical (unpaired) electrons. The molecule has 1 atom stereocenters. The van der Waals surface area contributed by atoms with Gasteiger partial charge in [-0.25, -0.2) is 9.18 Å². The van der Waals surface area contributed by atoms with E-state index in [0.29, 0.717) is 6.42 Å². The molecule has 1 aliphatic rings. The number of nitrogens with zero attached hydrogens (tertiary/aromatic N) is 1. The van der Waals surface area contributed by atoms with Crippen molar-refractivity contribution in [1.29, 1.82) is 0 Å². The zero-order chi connectivity index (χ0) is 15.8. The van der Waals surface area contributed by atoms with E-state index in [9.17, 15) is 14.3 Å². The Morgan fingerprint density at radius 2 is 2.10 bits per heavy atom. The summed E-state index contributed by atoms with van der Waals surface area (Å²) in [4.78, 5) is 13.6. The SMILES string of the molecule is CCCC(C(=O)O)N1c2ccc(F)cc2C(C)=CC1(C)C. The van der Waals surface area contributed by atoms with Crippen molar-refractivity contribution in [2.75, 3.05) is 4.90 Å². The Kier molecular flexibility index (Phi) is 4.08. The Morgan fingerprint density at radius 3 is 2.67 bits per heavy atom. The number of fused-ring (bicyclic) bond motifs is 1. The Labute approximate surface area is 125 Å². The molecule has 1 aliphatic heterocycles. The molecule has 0 bridgehead atoms. The predicted molar refractivity (Wildman–Crippen MR) is 82.9 cm³/mol. The smallest absolute Gasteiger partial charge is 0.326 e. The van der Waals surface area contributed by atoms with Gasteiger partial charge in [-0.1, -0.05) is 19.4 Å². The molecule has 114 valence electrons. The number of carboxylic acids is 1. The molecule has 1 N–H and O–H groups in total. The van der Waals surface area contributed by atoms with Crippen LogP contribution in [0.1, 0.15) is 46.1 Å². The van der Waals surface area contributed by atoms with Gasteiger partial charge in [-0.05, 0) is 51.0 Å². The van der Waals surface area contributed by atoms with Crippen molar-refractivity contribution in [1.82, 2.24) is 0 Å². The molecule has 0 aliphatic carbocycles. The zero-order valence-corrected chi connectivity index (χ0v) is 13.0. The Balaban J connectivity index is 2.61. The monoisotopic (exact) mass is 291 g/mol. The maximum Gasteiger partial charge on any atom is 0.326 e. The number of aliphatic carboxylic acids is 1. The van der Waals surface area contributed by atoms with Gasteiger partial charge in [-0.2, -0.15) is 0 Å². The second-order valence-corrected chi connectivity index (χ2v) is 6.16. The molecular formula is C17H22FNO2. The van der Waals surface area contributed by atoms with Gasteiger partial charge in [0, 0.05) is 11.3 Å². The summed E-state index contributed by atoms with van der Waals surface area (Å²) in [7, 11) is 0. The molecule has 4 heteroatoms. The molecule has 1 heterocycles. The number of benzene rings is 1. The lowest BCUT2D eigenvalue weighted by atomic mass is 9.86. The van der Waals surface area contributed by atoms with E-state index in [-0.39, 0.29) is 5.82 Å². The van der Waals surface area contributed by atoms with Gasteiger partial charge < -0.3 is 10.0 Å². The van der Waals surface area contributed by atoms with E-state index in [2.05, 4.69) is 0 Å². The summed E-state index contributed by atoms with van der Waals surface area (Å²) >= 11 is 0. The summed E-state index contributed by atoms with van der Waals surface area (Å²) in [5.74, 6) is -1.14. The number of halogens is 1. The van der Waals surface area contributed by atoms with E-state index < -0.39 is 17.6 Å². The first-order valence-electron chi connectivity index (χ1n) is 7.29. The van der Waals surface area contributed by atoms with Crippen molar-refractivity contribution in [2.45, 2.75) is 52.1 Å². The average molecular weight is 291 g/mol. The largest absolute Gasteiger partial charge is 0.480 e. The van der Waals surface area contributed by atoms with Crippen molar-refractivity contribution in [2.24, 2.45) is 0 Å². The standard InChI is InChI=1S/C17H22FNO2/c1-5-6-15(16(20)21)19-14-8-7-12(18)9-13(14)11(2)10-17(19,3)4/h7-10,15H,5-6H2,1-4H3,(H,20,21). The summed E-state index contributed by atoms with van der Waals surface area (Å²) in [6.45, 7) is 7.90. The molecule has 0 saturated carbocycles. The number of hydrogen-bond acceptors (Lipinski definition) is 2. The summed E-state index contributed by atoms with van der Waals surface area (Å²) in [5.41, 5.74) is 2.12. The van der Waals surface area contributed by atoms with Crippen LogP contribution in [0.25, 0.3) is 5.57 Å². The zero-order valence-electron chi connectivity index (χ0n) is 13.0. The van der Waals surface area contributed by atoms with Crippen molar-refractivity contribution < 1.29 is 14.3 Å². The third kappa shape index (κ3) is 2.80. The lowest BCUT2D eigenvalue weighted by Crippen LogP contribution is -2.54. The molecule has 0 amide bonds. The predicted octanol–water partition coefficient (Wildman–Crippen LogP) is 4.08. The maximum atomic E-state index is 13.5. The molecule has 2 rings (SSSR count). The van der Waals surface area contributed by atoms with Crippen molar-refractivity contribution in [3.8, 4) is 0 Å². The number of carboxylic acid groups (broad SMARTS) is 1. The highest BCUT2D eigenvalue weighted by atomic mass is 19.1. The Hall–Kier alpha value is -1.84. The summed E-state index contributed by atoms with van der Waals surface area (Å²) in [6.07, 6.45) is 3.35. The summed E-state index contributed by atoms with van der Waals surface area (Å²) in [6, 6.07) is 3.95. The topological polar surface area (TPSA) is 40.5 Å². The van der Waals surface area contributed by atoms with Crippen LogP contribution in [0, 0.1) is 5.82 Å². The van der Waals surface area contributed by atoms with E-state index in [1.807, 2.05) is 38.7 Å². The molecule has 0 aromatic heterocycles. The molecule has 1 aromatic carbocycles. The van der Waals surface area contributed by atoms with Crippen molar-refractivity contribution >= 4 is 17.2 Å². The van der Waals surface area contributed by atoms with E-state index in [1.165, 1.54) is 12.1 Å². The molecule has 21 heavy (non-hydrogen) atoms. The van der Waals surface area contributed by atoms with E-state index in [4.69, 9.17) is 0 Å². The molecule has 1 unspecified atom stereocenters. The first-order chi connectivity index (χ1) is 9.77. The molecule has 1 aromatic rings. The van der Waals surface area contributed by atoms with Crippen LogP contribution in [-0.2, 0) is 4.79 Å². The van der Waals surface area contributed by atoms with Crippen LogP contribution >= 0.6 is 0 Å². The van der Waals surface area contributed by atoms with Crippen LogP contribution in [0.2, 0.25) is 0 Å². The third-order valence-corrected chi connectivity index (χ3v) is 3.99. The first kappa shape index (κ1) is 15.5. The van der Waals surface area contributed by atoms with Gasteiger partial charge in [0.1, 0.15) is 11.9 Å². The van der Waals surface area contributed by atoms with Gasteiger partial charge in [0.15, 0.2) is 0 Å². The number of rotatable bonds is 4. The minimum Gasteiger partial charge on any atom is -0.480 e. The normalized spacial score (nSPS) is 18.0. The number of carbonyl (C=O) groups is 1. The summed E-state index contributed by atoms with van der Waals surface area (Å²) < 4.78 is 13.5. The maximum absolute atomic E-state index is 13.5. The second-order valence-electron chi connectivity index (χ2n) is 6.16. The van der Waals surface area contributed by atoms with Gasteiger partial charge in [0.05, 0.1) is 5.54 Å². The van der Waals surface area contributed by atoms with Crippen LogP contribution < -0.4 is 4.90 Å². The van der Waals surface area contributed by atoms with Gasteiger partial charge in [-0.3, -0.25) is 0 Å². The number of anilines is 1. The quantitative estimate of drug-likeness (QED) is 0.908. The minimum absolute atomic E-state index is 0.302. The van der Waals surface area contributed by atoms with Crippen LogP contribution in [0.4, 0.5) is 10.1 Å². The second kappa shape index (κ2) is 5.51. The van der Waals surface area contributed by atoms with Gasteiger partial charge >= 0.3 is 5.97 Å². The fraction of sp³-hybridized carbons (Fsp3) is 0.471. The van der Waals surface area contributed by atoms with E-state index >= 15 is 0 Å². The van der Waals surface area contributed by atoms with Gasteiger partial charge in [0.2, 0.25) is 0 Å². The van der Waals surface area contributed by atoms with Crippen LogP contribution in [0.5, 0.6) is 0 Å². The number of allylic oxidation sites excluding steroid dienone is 1. The highest BCUT2D eigenvalue weighted by Gasteiger charge is 2.38. The highest BCUT2D eigenvalue weighted by Crippen LogP contribution is 2.41. The van der Waals surface area contributed by atoms with Gasteiger partial charge in [-0.15, -0.1) is 0 Å².